The van der Waals surface area contributed by atoms with Gasteiger partial charge in [0.1, 0.15) is 0 Å². The molecule has 1 atom stereocenters. The summed E-state index contributed by atoms with van der Waals surface area (Å²) in [5.74, 6) is 0.758. The largest absolute Gasteiger partial charge is 0.303 e. The highest BCUT2D eigenvalue weighted by Crippen LogP contribution is 2.17. The van der Waals surface area contributed by atoms with E-state index >= 15 is 0 Å². The number of rotatable bonds is 6. The zero-order valence-electron chi connectivity index (χ0n) is 10.2. The Morgan fingerprint density at radius 1 is 1.33 bits per heavy atom. The molecule has 0 aliphatic carbocycles. The summed E-state index contributed by atoms with van der Waals surface area (Å²) in [4.78, 5) is 4.98. The molecule has 1 aliphatic heterocycles. The summed E-state index contributed by atoms with van der Waals surface area (Å²) < 4.78 is 0. The van der Waals surface area contributed by atoms with Crippen LogP contribution in [0.2, 0.25) is 0 Å². The van der Waals surface area contributed by atoms with Crippen molar-refractivity contribution in [3.05, 3.63) is 0 Å². The summed E-state index contributed by atoms with van der Waals surface area (Å²) in [5.41, 5.74) is 0. The molecule has 0 spiro atoms. The molecule has 1 heterocycles. The molecule has 1 rings (SSSR count). The molecule has 0 aromatic rings. The predicted octanol–water partition coefficient (Wildman–Crippen LogP) is 2.42. The van der Waals surface area contributed by atoms with Gasteiger partial charge in [-0.1, -0.05) is 13.3 Å². The molecule has 0 bridgehead atoms. The van der Waals surface area contributed by atoms with Crippen LogP contribution in [0, 0.1) is 0 Å². The first-order chi connectivity index (χ1) is 7.27. The van der Waals surface area contributed by atoms with Crippen LogP contribution in [0.5, 0.6) is 0 Å². The van der Waals surface area contributed by atoms with Crippen molar-refractivity contribution in [2.75, 3.05) is 39.1 Å². The van der Waals surface area contributed by atoms with E-state index in [0.717, 1.165) is 25.0 Å². The van der Waals surface area contributed by atoms with Crippen molar-refractivity contribution in [2.24, 2.45) is 0 Å². The monoisotopic (exact) mass is 232 g/mol. The number of alkyl halides is 1. The van der Waals surface area contributed by atoms with Gasteiger partial charge in [0.05, 0.1) is 0 Å². The Balaban J connectivity index is 2.21. The molecule has 1 saturated heterocycles. The van der Waals surface area contributed by atoms with E-state index in [9.17, 15) is 0 Å². The number of hydrogen-bond acceptors (Lipinski definition) is 2. The molecule has 0 amide bonds. The van der Waals surface area contributed by atoms with Crippen LogP contribution in [-0.4, -0.2) is 54.9 Å². The van der Waals surface area contributed by atoms with E-state index in [2.05, 4.69) is 23.8 Å². The Bertz CT molecular complexity index is 164. The number of likely N-dealkylation sites (tertiary alicyclic amines) is 1. The number of halogens is 1. The fourth-order valence-corrected chi connectivity index (χ4v) is 2.63. The molecule has 3 heteroatoms. The van der Waals surface area contributed by atoms with Crippen LogP contribution in [-0.2, 0) is 0 Å². The minimum Gasteiger partial charge on any atom is -0.303 e. The van der Waals surface area contributed by atoms with Gasteiger partial charge >= 0.3 is 0 Å². The summed E-state index contributed by atoms with van der Waals surface area (Å²) in [6.45, 7) is 6.87. The standard InChI is InChI=1S/C12H25ClN2/c1-3-15(11-8-13)10-7-12-6-4-5-9-14(12)2/h12H,3-11H2,1-2H3. The summed E-state index contributed by atoms with van der Waals surface area (Å²) in [6, 6.07) is 0.808. The molecule has 0 N–H and O–H groups in total. The van der Waals surface area contributed by atoms with Gasteiger partial charge in [-0.05, 0) is 45.9 Å². The van der Waals surface area contributed by atoms with Crippen LogP contribution < -0.4 is 0 Å². The molecule has 15 heavy (non-hydrogen) atoms. The summed E-state index contributed by atoms with van der Waals surface area (Å²) in [5, 5.41) is 0. The molecule has 0 aromatic heterocycles. The zero-order valence-corrected chi connectivity index (χ0v) is 11.0. The normalized spacial score (nSPS) is 23.6. The van der Waals surface area contributed by atoms with Crippen molar-refractivity contribution in [2.45, 2.75) is 38.6 Å². The van der Waals surface area contributed by atoms with Gasteiger partial charge in [0, 0.05) is 18.5 Å². The molecular weight excluding hydrogens is 208 g/mol. The molecule has 1 aliphatic rings. The fraction of sp³-hybridized carbons (Fsp3) is 1.00. The van der Waals surface area contributed by atoms with E-state index in [4.69, 9.17) is 11.6 Å². The van der Waals surface area contributed by atoms with E-state index in [1.165, 1.54) is 38.8 Å². The lowest BCUT2D eigenvalue weighted by Crippen LogP contribution is -2.39. The van der Waals surface area contributed by atoms with Crippen molar-refractivity contribution >= 4 is 11.6 Å². The zero-order chi connectivity index (χ0) is 11.1. The Morgan fingerprint density at radius 3 is 2.73 bits per heavy atom. The predicted molar refractivity (Wildman–Crippen MR) is 67.7 cm³/mol. The van der Waals surface area contributed by atoms with Crippen LogP contribution in [0.1, 0.15) is 32.6 Å². The smallest absolute Gasteiger partial charge is 0.0351 e. The summed E-state index contributed by atoms with van der Waals surface area (Å²) in [7, 11) is 2.27. The van der Waals surface area contributed by atoms with Crippen molar-refractivity contribution in [3.63, 3.8) is 0 Å². The van der Waals surface area contributed by atoms with Crippen LogP contribution in [0.3, 0.4) is 0 Å². The third-order valence-electron chi connectivity index (χ3n) is 3.55. The van der Waals surface area contributed by atoms with E-state index in [-0.39, 0.29) is 0 Å². The molecule has 1 fully saturated rings. The fourth-order valence-electron chi connectivity index (χ4n) is 2.39. The average Bonchev–Trinajstić information content (AvgIpc) is 2.26. The topological polar surface area (TPSA) is 6.48 Å². The summed E-state index contributed by atoms with van der Waals surface area (Å²) in [6.07, 6.45) is 5.49. The molecule has 1 unspecified atom stereocenters. The second kappa shape index (κ2) is 7.48. The Hall–Kier alpha value is 0.210. The van der Waals surface area contributed by atoms with Crippen LogP contribution >= 0.6 is 11.6 Å². The maximum Gasteiger partial charge on any atom is 0.0351 e. The van der Waals surface area contributed by atoms with E-state index in [0.29, 0.717) is 0 Å². The van der Waals surface area contributed by atoms with Gasteiger partial charge in [-0.15, -0.1) is 11.6 Å². The first-order valence-electron chi connectivity index (χ1n) is 6.26. The first kappa shape index (κ1) is 13.3. The maximum atomic E-state index is 5.77. The van der Waals surface area contributed by atoms with E-state index in [1.807, 2.05) is 0 Å². The second-order valence-electron chi connectivity index (χ2n) is 4.54. The minimum atomic E-state index is 0.758. The SMILES string of the molecule is CCN(CCCl)CCC1CCCCN1C. The first-order valence-corrected chi connectivity index (χ1v) is 6.80. The highest BCUT2D eigenvalue weighted by Gasteiger charge is 2.18. The van der Waals surface area contributed by atoms with Gasteiger partial charge in [0.25, 0.3) is 0 Å². The van der Waals surface area contributed by atoms with E-state index < -0.39 is 0 Å². The Kier molecular flexibility index (Phi) is 6.62. The molecule has 0 radical (unpaired) electrons. The average molecular weight is 233 g/mol. The molecule has 0 saturated carbocycles. The molecule has 0 aromatic carbocycles. The minimum absolute atomic E-state index is 0.758. The maximum absolute atomic E-state index is 5.77. The lowest BCUT2D eigenvalue weighted by molar-refractivity contribution is 0.157. The van der Waals surface area contributed by atoms with Crippen LogP contribution in [0.25, 0.3) is 0 Å². The molecule has 2 nitrogen and oxygen atoms in total. The Morgan fingerprint density at radius 2 is 2.13 bits per heavy atom. The Labute approximate surface area is 99.6 Å². The highest BCUT2D eigenvalue weighted by atomic mass is 35.5. The highest BCUT2D eigenvalue weighted by molar-refractivity contribution is 6.18. The molecular formula is C12H25ClN2. The van der Waals surface area contributed by atoms with Gasteiger partial charge in [-0.2, -0.15) is 0 Å². The van der Waals surface area contributed by atoms with E-state index in [1.54, 1.807) is 0 Å². The van der Waals surface area contributed by atoms with Gasteiger partial charge in [-0.3, -0.25) is 0 Å². The number of piperidine rings is 1. The third kappa shape index (κ3) is 4.71. The molecule has 90 valence electrons. The van der Waals surface area contributed by atoms with Gasteiger partial charge < -0.3 is 9.80 Å². The lowest BCUT2D eigenvalue weighted by atomic mass is 10.00. The third-order valence-corrected chi connectivity index (χ3v) is 3.72. The number of nitrogens with zero attached hydrogens (tertiary/aromatic N) is 2. The van der Waals surface area contributed by atoms with Crippen molar-refractivity contribution in [3.8, 4) is 0 Å². The number of hydrogen-bond donors (Lipinski definition) is 0. The van der Waals surface area contributed by atoms with Gasteiger partial charge in [0.2, 0.25) is 0 Å². The van der Waals surface area contributed by atoms with Gasteiger partial charge in [-0.25, -0.2) is 0 Å². The second-order valence-corrected chi connectivity index (χ2v) is 4.92. The van der Waals surface area contributed by atoms with Crippen LogP contribution in [0.15, 0.2) is 0 Å². The van der Waals surface area contributed by atoms with Gasteiger partial charge in [0.15, 0.2) is 0 Å². The van der Waals surface area contributed by atoms with Crippen molar-refractivity contribution in [1.29, 1.82) is 0 Å². The lowest BCUT2D eigenvalue weighted by Gasteiger charge is -2.34. The quantitative estimate of drug-likeness (QED) is 0.649. The van der Waals surface area contributed by atoms with Crippen LogP contribution in [0.4, 0.5) is 0 Å². The summed E-state index contributed by atoms with van der Waals surface area (Å²) >= 11 is 5.77. The van der Waals surface area contributed by atoms with Crippen molar-refractivity contribution in [1.82, 2.24) is 9.80 Å². The van der Waals surface area contributed by atoms with Crippen molar-refractivity contribution < 1.29 is 0 Å².